The summed E-state index contributed by atoms with van der Waals surface area (Å²) in [4.78, 5) is 8.99. The van der Waals surface area contributed by atoms with Crippen LogP contribution in [0.25, 0.3) is 0 Å². The van der Waals surface area contributed by atoms with Gasteiger partial charge in [-0.05, 0) is 12.8 Å². The van der Waals surface area contributed by atoms with Gasteiger partial charge >= 0.3 is 0 Å². The molecule has 2 rings (SSSR count). The van der Waals surface area contributed by atoms with E-state index in [0.29, 0.717) is 24.5 Å². The molecule has 20 heavy (non-hydrogen) atoms. The molecule has 0 atom stereocenters. The van der Waals surface area contributed by atoms with Crippen LogP contribution in [0.15, 0.2) is 10.4 Å². The van der Waals surface area contributed by atoms with Crippen molar-refractivity contribution in [2.75, 3.05) is 0 Å². The lowest BCUT2D eigenvalue weighted by molar-refractivity contribution is 0.530. The number of aromatic nitrogens is 1. The van der Waals surface area contributed by atoms with Crippen LogP contribution in [0.2, 0.25) is 0 Å². The fraction of sp³-hybridized carbons (Fsp3) is 0.733. The molecule has 4 nitrogen and oxygen atoms in total. The van der Waals surface area contributed by atoms with Gasteiger partial charge in [0.2, 0.25) is 0 Å². The van der Waals surface area contributed by atoms with Crippen LogP contribution in [-0.4, -0.2) is 17.0 Å². The number of nitrogens with one attached hydrogen (secondary N) is 1. The highest BCUT2D eigenvalue weighted by Gasteiger charge is 2.12. The number of nitrogens with zero attached hydrogens (tertiary/aromatic N) is 2. The molecule has 1 aliphatic rings. The average Bonchev–Trinajstić information content (AvgIpc) is 2.75. The van der Waals surface area contributed by atoms with E-state index in [4.69, 9.17) is 5.73 Å². The summed E-state index contributed by atoms with van der Waals surface area (Å²) in [6.45, 7) is 4.90. The van der Waals surface area contributed by atoms with Crippen molar-refractivity contribution in [3.05, 3.63) is 16.1 Å². The van der Waals surface area contributed by atoms with Crippen LogP contribution in [-0.2, 0) is 6.54 Å². The Labute approximate surface area is 125 Å². The van der Waals surface area contributed by atoms with E-state index >= 15 is 0 Å². The van der Waals surface area contributed by atoms with Crippen LogP contribution < -0.4 is 11.1 Å². The van der Waals surface area contributed by atoms with E-state index in [1.807, 2.05) is 0 Å². The maximum atomic E-state index is 5.98. The molecule has 0 radical (unpaired) electrons. The van der Waals surface area contributed by atoms with E-state index in [9.17, 15) is 0 Å². The van der Waals surface area contributed by atoms with E-state index in [-0.39, 0.29) is 0 Å². The summed E-state index contributed by atoms with van der Waals surface area (Å²) in [5.74, 6) is 1.05. The second-order valence-electron chi connectivity index (χ2n) is 5.87. The van der Waals surface area contributed by atoms with Gasteiger partial charge in [0, 0.05) is 17.3 Å². The zero-order valence-electron chi connectivity index (χ0n) is 12.6. The van der Waals surface area contributed by atoms with Crippen molar-refractivity contribution in [3.8, 4) is 0 Å². The first-order valence-corrected chi connectivity index (χ1v) is 8.54. The molecule has 0 saturated heterocycles. The second kappa shape index (κ2) is 7.62. The predicted molar refractivity (Wildman–Crippen MR) is 86.2 cm³/mol. The lowest BCUT2D eigenvalue weighted by Crippen LogP contribution is -2.39. The van der Waals surface area contributed by atoms with Gasteiger partial charge in [-0.3, -0.25) is 0 Å². The molecule has 0 aliphatic heterocycles. The Morgan fingerprint density at radius 3 is 2.70 bits per heavy atom. The number of rotatable bonds is 4. The molecule has 3 N–H and O–H groups in total. The summed E-state index contributed by atoms with van der Waals surface area (Å²) < 4.78 is 0. The molecule has 0 aromatic carbocycles. The highest BCUT2D eigenvalue weighted by molar-refractivity contribution is 7.09. The van der Waals surface area contributed by atoms with Gasteiger partial charge in [-0.1, -0.05) is 39.5 Å². The Morgan fingerprint density at radius 1 is 1.40 bits per heavy atom. The van der Waals surface area contributed by atoms with Crippen molar-refractivity contribution in [3.63, 3.8) is 0 Å². The minimum absolute atomic E-state index is 0.485. The van der Waals surface area contributed by atoms with Gasteiger partial charge in [0.05, 0.1) is 17.2 Å². The van der Waals surface area contributed by atoms with E-state index in [1.54, 1.807) is 11.3 Å². The van der Waals surface area contributed by atoms with Crippen molar-refractivity contribution < 1.29 is 0 Å². The number of aliphatic imine (C=N–C) groups is 1. The summed E-state index contributed by atoms with van der Waals surface area (Å²) in [5.41, 5.74) is 7.00. The van der Waals surface area contributed by atoms with Crippen LogP contribution in [0.5, 0.6) is 0 Å². The fourth-order valence-corrected chi connectivity index (χ4v) is 3.33. The van der Waals surface area contributed by atoms with Crippen LogP contribution in [0, 0.1) is 0 Å². The monoisotopic (exact) mass is 294 g/mol. The lowest BCUT2D eigenvalue weighted by Gasteiger charge is -2.16. The zero-order valence-corrected chi connectivity index (χ0v) is 13.4. The van der Waals surface area contributed by atoms with Crippen LogP contribution in [0.1, 0.15) is 69.0 Å². The average molecular weight is 294 g/mol. The lowest BCUT2D eigenvalue weighted by atomic mass is 10.1. The Bertz CT molecular complexity index is 431. The minimum atomic E-state index is 0.485. The van der Waals surface area contributed by atoms with Gasteiger partial charge in [-0.25, -0.2) is 9.98 Å². The number of thiazole rings is 1. The first-order chi connectivity index (χ1) is 9.65. The predicted octanol–water partition coefficient (Wildman–Crippen LogP) is 3.39. The van der Waals surface area contributed by atoms with Crippen LogP contribution in [0.3, 0.4) is 0 Å². The molecule has 1 saturated carbocycles. The van der Waals surface area contributed by atoms with Crippen molar-refractivity contribution in [1.29, 1.82) is 0 Å². The largest absolute Gasteiger partial charge is 0.370 e. The first-order valence-electron chi connectivity index (χ1n) is 7.66. The first kappa shape index (κ1) is 15.3. The van der Waals surface area contributed by atoms with Crippen molar-refractivity contribution in [2.45, 2.75) is 70.9 Å². The highest BCUT2D eigenvalue weighted by Crippen LogP contribution is 2.19. The molecular formula is C15H26N4S. The number of nitrogens with two attached hydrogens (primary N) is 1. The smallest absolute Gasteiger partial charge is 0.189 e. The summed E-state index contributed by atoms with van der Waals surface area (Å²) in [7, 11) is 0. The molecule has 0 bridgehead atoms. The standard InChI is InChI=1S/C15H26N4S/c1-11(2)14-18-13(10-20-14)9-17-15(16)19-12-7-5-3-4-6-8-12/h10-12H,3-9H2,1-2H3,(H3,16,17,19). The number of hydrogen-bond acceptors (Lipinski definition) is 3. The molecule has 1 heterocycles. The number of hydrogen-bond donors (Lipinski definition) is 2. The maximum Gasteiger partial charge on any atom is 0.189 e. The number of guanidine groups is 1. The minimum Gasteiger partial charge on any atom is -0.370 e. The SMILES string of the molecule is CC(C)c1nc(CN=C(N)NC2CCCCCC2)cs1. The van der Waals surface area contributed by atoms with Gasteiger partial charge in [0.1, 0.15) is 0 Å². The summed E-state index contributed by atoms with van der Waals surface area (Å²) in [6.07, 6.45) is 7.73. The van der Waals surface area contributed by atoms with Crippen molar-refractivity contribution in [2.24, 2.45) is 10.7 Å². The highest BCUT2D eigenvalue weighted by atomic mass is 32.1. The Balaban J connectivity index is 1.83. The van der Waals surface area contributed by atoms with Gasteiger partial charge < -0.3 is 11.1 Å². The molecule has 1 aromatic rings. The zero-order chi connectivity index (χ0) is 14.4. The van der Waals surface area contributed by atoms with E-state index in [1.165, 1.54) is 43.5 Å². The molecule has 0 spiro atoms. The molecule has 1 fully saturated rings. The van der Waals surface area contributed by atoms with E-state index < -0.39 is 0 Å². The van der Waals surface area contributed by atoms with Crippen LogP contribution in [0.4, 0.5) is 0 Å². The van der Waals surface area contributed by atoms with Crippen molar-refractivity contribution in [1.82, 2.24) is 10.3 Å². The molecular weight excluding hydrogens is 268 g/mol. The molecule has 0 unspecified atom stereocenters. The third kappa shape index (κ3) is 4.78. The molecule has 1 aliphatic carbocycles. The Kier molecular flexibility index (Phi) is 5.83. The van der Waals surface area contributed by atoms with Crippen molar-refractivity contribution >= 4 is 17.3 Å². The quantitative estimate of drug-likeness (QED) is 0.508. The Morgan fingerprint density at radius 2 is 2.10 bits per heavy atom. The molecule has 1 aromatic heterocycles. The molecule has 112 valence electrons. The van der Waals surface area contributed by atoms with Gasteiger partial charge in [-0.2, -0.15) is 0 Å². The fourth-order valence-electron chi connectivity index (χ4n) is 2.51. The van der Waals surface area contributed by atoms with Gasteiger partial charge in [0.25, 0.3) is 0 Å². The normalized spacial score (nSPS) is 18.2. The maximum absolute atomic E-state index is 5.98. The summed E-state index contributed by atoms with van der Waals surface area (Å²) in [5, 5.41) is 6.61. The van der Waals surface area contributed by atoms with Gasteiger partial charge in [0.15, 0.2) is 5.96 Å². The second-order valence-corrected chi connectivity index (χ2v) is 6.76. The molecule has 5 heteroatoms. The molecule has 0 amide bonds. The third-order valence-electron chi connectivity index (χ3n) is 3.68. The summed E-state index contributed by atoms with van der Waals surface area (Å²) in [6, 6.07) is 0.503. The summed E-state index contributed by atoms with van der Waals surface area (Å²) >= 11 is 1.71. The van der Waals surface area contributed by atoms with Gasteiger partial charge in [-0.15, -0.1) is 11.3 Å². The van der Waals surface area contributed by atoms with Crippen LogP contribution >= 0.6 is 11.3 Å². The topological polar surface area (TPSA) is 63.3 Å². The third-order valence-corrected chi connectivity index (χ3v) is 4.88. The Hall–Kier alpha value is -1.10. The van der Waals surface area contributed by atoms with E-state index in [0.717, 1.165) is 5.69 Å². The van der Waals surface area contributed by atoms with E-state index in [2.05, 4.69) is 34.5 Å².